The highest BCUT2D eigenvalue weighted by atomic mass is 16.6. The summed E-state index contributed by atoms with van der Waals surface area (Å²) in [5.41, 5.74) is 2.47. The van der Waals surface area contributed by atoms with E-state index in [0.29, 0.717) is 5.56 Å². The Morgan fingerprint density at radius 2 is 1.62 bits per heavy atom. The van der Waals surface area contributed by atoms with Crippen LogP contribution < -0.4 is 4.90 Å². The van der Waals surface area contributed by atoms with Crippen LogP contribution in [0.25, 0.3) is 12.2 Å². The minimum Gasteiger partial charge on any atom is -0.502 e. The van der Waals surface area contributed by atoms with E-state index < -0.39 is 4.92 Å². The summed E-state index contributed by atoms with van der Waals surface area (Å²) in [7, 11) is 3.95. The van der Waals surface area contributed by atoms with Crippen LogP contribution in [0, 0.1) is 10.1 Å². The summed E-state index contributed by atoms with van der Waals surface area (Å²) in [6, 6.07) is 12.2. The number of nitro benzene ring substituents is 1. The molecule has 1 N–H and O–H groups in total. The maximum atomic E-state index is 10.8. The zero-order chi connectivity index (χ0) is 15.4. The van der Waals surface area contributed by atoms with E-state index in [9.17, 15) is 15.2 Å². The maximum Gasteiger partial charge on any atom is 0.311 e. The molecule has 2 rings (SSSR count). The van der Waals surface area contributed by atoms with Gasteiger partial charge >= 0.3 is 5.69 Å². The van der Waals surface area contributed by atoms with Crippen LogP contribution in [0.4, 0.5) is 11.4 Å². The second kappa shape index (κ2) is 6.09. The zero-order valence-corrected chi connectivity index (χ0v) is 11.9. The van der Waals surface area contributed by atoms with Crippen LogP contribution in [0.15, 0.2) is 42.5 Å². The summed E-state index contributed by atoms with van der Waals surface area (Å²) >= 11 is 0. The Morgan fingerprint density at radius 3 is 2.19 bits per heavy atom. The van der Waals surface area contributed by atoms with Crippen molar-refractivity contribution in [1.82, 2.24) is 0 Å². The lowest BCUT2D eigenvalue weighted by atomic mass is 10.1. The lowest BCUT2D eigenvalue weighted by molar-refractivity contribution is -0.385. The monoisotopic (exact) mass is 284 g/mol. The van der Waals surface area contributed by atoms with Gasteiger partial charge in [0.05, 0.1) is 4.92 Å². The third-order valence-electron chi connectivity index (χ3n) is 3.07. The van der Waals surface area contributed by atoms with E-state index in [-0.39, 0.29) is 11.4 Å². The summed E-state index contributed by atoms with van der Waals surface area (Å²) < 4.78 is 0. The normalized spacial score (nSPS) is 10.8. The molecule has 0 aromatic heterocycles. The Hall–Kier alpha value is -2.82. The van der Waals surface area contributed by atoms with E-state index in [2.05, 4.69) is 0 Å². The highest BCUT2D eigenvalue weighted by Crippen LogP contribution is 2.27. The summed E-state index contributed by atoms with van der Waals surface area (Å²) in [5, 5.41) is 20.2. The van der Waals surface area contributed by atoms with Crippen molar-refractivity contribution >= 4 is 23.5 Å². The van der Waals surface area contributed by atoms with Crippen molar-refractivity contribution in [1.29, 1.82) is 0 Å². The van der Waals surface area contributed by atoms with Crippen LogP contribution in [0.2, 0.25) is 0 Å². The molecule has 108 valence electrons. The van der Waals surface area contributed by atoms with Gasteiger partial charge < -0.3 is 10.0 Å². The second-order valence-electron chi connectivity index (χ2n) is 4.82. The molecule has 2 aromatic carbocycles. The van der Waals surface area contributed by atoms with Gasteiger partial charge in [0.25, 0.3) is 0 Å². The molecule has 5 nitrogen and oxygen atoms in total. The van der Waals surface area contributed by atoms with Gasteiger partial charge in [0.2, 0.25) is 0 Å². The molecule has 0 spiro atoms. The van der Waals surface area contributed by atoms with Gasteiger partial charge in [-0.25, -0.2) is 0 Å². The topological polar surface area (TPSA) is 66.6 Å². The largest absolute Gasteiger partial charge is 0.502 e. The van der Waals surface area contributed by atoms with Crippen molar-refractivity contribution in [3.8, 4) is 5.75 Å². The molecule has 0 saturated heterocycles. The lowest BCUT2D eigenvalue weighted by Gasteiger charge is -2.11. The molecule has 0 saturated carbocycles. The Balaban J connectivity index is 2.21. The van der Waals surface area contributed by atoms with Gasteiger partial charge in [-0.3, -0.25) is 10.1 Å². The molecule has 0 aliphatic rings. The molecule has 0 unspecified atom stereocenters. The number of nitro groups is 1. The summed E-state index contributed by atoms with van der Waals surface area (Å²) in [4.78, 5) is 12.2. The molecule has 0 radical (unpaired) electrons. The molecule has 0 heterocycles. The smallest absolute Gasteiger partial charge is 0.311 e. The number of phenols is 1. The van der Waals surface area contributed by atoms with Gasteiger partial charge in [-0.1, -0.05) is 30.4 Å². The van der Waals surface area contributed by atoms with Crippen molar-refractivity contribution in [2.24, 2.45) is 0 Å². The molecular weight excluding hydrogens is 268 g/mol. The third-order valence-corrected chi connectivity index (χ3v) is 3.07. The fourth-order valence-corrected chi connectivity index (χ4v) is 1.87. The molecule has 0 atom stereocenters. The number of hydrogen-bond acceptors (Lipinski definition) is 4. The van der Waals surface area contributed by atoms with Crippen molar-refractivity contribution < 1.29 is 10.0 Å². The summed E-state index contributed by atoms with van der Waals surface area (Å²) in [5.74, 6) is -0.326. The van der Waals surface area contributed by atoms with Crippen LogP contribution in [-0.4, -0.2) is 24.1 Å². The minimum absolute atomic E-state index is 0.292. The van der Waals surface area contributed by atoms with E-state index in [1.54, 1.807) is 12.1 Å². The third kappa shape index (κ3) is 3.60. The van der Waals surface area contributed by atoms with E-state index >= 15 is 0 Å². The summed E-state index contributed by atoms with van der Waals surface area (Å²) in [6.45, 7) is 0. The van der Waals surface area contributed by atoms with Crippen LogP contribution in [0.5, 0.6) is 5.75 Å². The number of nitrogens with zero attached hydrogens (tertiary/aromatic N) is 2. The number of aromatic hydroxyl groups is 1. The average Bonchev–Trinajstić information content (AvgIpc) is 2.46. The number of rotatable bonds is 4. The van der Waals surface area contributed by atoms with Crippen LogP contribution in [0.3, 0.4) is 0 Å². The quantitative estimate of drug-likeness (QED) is 0.530. The molecule has 0 bridgehead atoms. The SMILES string of the molecule is CN(C)c1ccc(C=Cc2ccc(O)c([N+](=O)[O-])c2)cc1. The molecule has 0 aliphatic heterocycles. The predicted octanol–water partition coefficient (Wildman–Crippen LogP) is 3.54. The van der Waals surface area contributed by atoms with Crippen molar-refractivity contribution in [3.63, 3.8) is 0 Å². The number of benzene rings is 2. The van der Waals surface area contributed by atoms with Crippen molar-refractivity contribution in [2.75, 3.05) is 19.0 Å². The summed E-state index contributed by atoms with van der Waals surface area (Å²) in [6.07, 6.45) is 3.65. The minimum atomic E-state index is -0.599. The Labute approximate surface area is 122 Å². The van der Waals surface area contributed by atoms with Crippen LogP contribution >= 0.6 is 0 Å². The van der Waals surface area contributed by atoms with E-state index in [4.69, 9.17) is 0 Å². The fourth-order valence-electron chi connectivity index (χ4n) is 1.87. The van der Waals surface area contributed by atoms with Crippen LogP contribution in [0.1, 0.15) is 11.1 Å². The van der Waals surface area contributed by atoms with E-state index in [1.807, 2.05) is 49.3 Å². The molecule has 0 amide bonds. The predicted molar refractivity (Wildman–Crippen MR) is 84.5 cm³/mol. The molecule has 0 fully saturated rings. The number of hydrogen-bond donors (Lipinski definition) is 1. The zero-order valence-electron chi connectivity index (χ0n) is 11.9. The van der Waals surface area contributed by atoms with E-state index in [1.165, 1.54) is 12.1 Å². The maximum absolute atomic E-state index is 10.8. The Morgan fingerprint density at radius 1 is 1.05 bits per heavy atom. The van der Waals surface area contributed by atoms with Gasteiger partial charge in [-0.05, 0) is 29.3 Å². The van der Waals surface area contributed by atoms with Gasteiger partial charge in [-0.2, -0.15) is 0 Å². The molecule has 2 aromatic rings. The van der Waals surface area contributed by atoms with Crippen molar-refractivity contribution in [3.05, 3.63) is 63.7 Å². The van der Waals surface area contributed by atoms with E-state index in [0.717, 1.165) is 11.3 Å². The fraction of sp³-hybridized carbons (Fsp3) is 0.125. The highest BCUT2D eigenvalue weighted by molar-refractivity contribution is 5.72. The lowest BCUT2D eigenvalue weighted by Crippen LogP contribution is -2.07. The average molecular weight is 284 g/mol. The number of phenolic OH excluding ortho intramolecular Hbond substituents is 1. The van der Waals surface area contributed by atoms with Gasteiger partial charge in [0.15, 0.2) is 5.75 Å². The van der Waals surface area contributed by atoms with Gasteiger partial charge in [0, 0.05) is 25.8 Å². The molecule has 5 heteroatoms. The number of anilines is 1. The highest BCUT2D eigenvalue weighted by Gasteiger charge is 2.12. The second-order valence-corrected chi connectivity index (χ2v) is 4.82. The first kappa shape index (κ1) is 14.6. The first-order valence-corrected chi connectivity index (χ1v) is 6.40. The molecule has 0 aliphatic carbocycles. The first-order chi connectivity index (χ1) is 9.97. The first-order valence-electron chi connectivity index (χ1n) is 6.40. The van der Waals surface area contributed by atoms with Gasteiger partial charge in [-0.15, -0.1) is 0 Å². The Bertz CT molecular complexity index is 676. The molecular formula is C16H16N2O3. The Kier molecular flexibility index (Phi) is 4.23. The van der Waals surface area contributed by atoms with Gasteiger partial charge in [0.1, 0.15) is 0 Å². The van der Waals surface area contributed by atoms with Crippen LogP contribution in [-0.2, 0) is 0 Å². The van der Waals surface area contributed by atoms with Crippen molar-refractivity contribution in [2.45, 2.75) is 0 Å². The standard InChI is InChI=1S/C16H16N2O3/c1-17(2)14-8-5-12(6-9-14)3-4-13-7-10-16(19)15(11-13)18(20)21/h3-11,19H,1-2H3. The molecule has 21 heavy (non-hydrogen) atoms.